The summed E-state index contributed by atoms with van der Waals surface area (Å²) >= 11 is 0.716. The number of aliphatic hydroxyl groups excluding tert-OH is 2. The number of pyridine rings is 2. The number of thiazole rings is 1. The summed E-state index contributed by atoms with van der Waals surface area (Å²) in [5.74, 6) is -1.50. The number of halogens is 3. The SMILES string of the molecule is CCNC(=O)Nc1cc(-c2nc(C(F)(F)F)cs2)c(-c2ccc3c(c2)c(=O)c(C(=O)O)cn3C(CO)C(C)O)cn1. The summed E-state index contributed by atoms with van der Waals surface area (Å²) in [6.45, 7) is 2.86. The molecular formula is C26H24F3N5O6S. The van der Waals surface area contributed by atoms with Crippen LogP contribution in [-0.4, -0.2) is 61.1 Å². The van der Waals surface area contributed by atoms with Gasteiger partial charge in [-0.05, 0) is 37.6 Å². The Morgan fingerprint density at radius 2 is 1.93 bits per heavy atom. The third kappa shape index (κ3) is 6.06. The fourth-order valence-electron chi connectivity index (χ4n) is 4.20. The van der Waals surface area contributed by atoms with E-state index in [0.29, 0.717) is 17.9 Å². The van der Waals surface area contributed by atoms with Crippen LogP contribution in [0.3, 0.4) is 0 Å². The number of alkyl halides is 3. The molecule has 0 spiro atoms. The highest BCUT2D eigenvalue weighted by Gasteiger charge is 2.34. The number of aliphatic hydroxyl groups is 2. The van der Waals surface area contributed by atoms with Crippen molar-refractivity contribution in [1.29, 1.82) is 0 Å². The van der Waals surface area contributed by atoms with Crippen LogP contribution in [0.4, 0.5) is 23.8 Å². The predicted molar refractivity (Wildman–Crippen MR) is 145 cm³/mol. The molecule has 3 aromatic heterocycles. The number of hydrogen-bond donors (Lipinski definition) is 5. The van der Waals surface area contributed by atoms with Crippen LogP contribution in [-0.2, 0) is 6.18 Å². The number of nitrogens with zero attached hydrogens (tertiary/aromatic N) is 3. The lowest BCUT2D eigenvalue weighted by Crippen LogP contribution is -2.28. The van der Waals surface area contributed by atoms with E-state index >= 15 is 0 Å². The molecule has 2 atom stereocenters. The van der Waals surface area contributed by atoms with Crippen LogP contribution in [0, 0.1) is 0 Å². The average molecular weight is 592 g/mol. The standard InChI is InChI=1S/C26H24F3N5O6S/c1-3-30-25(40)33-21-7-14(23-32-20(11-41-23)26(27,28)29)16(8-31-21)13-4-5-18-15(6-13)22(37)17(24(38)39)9-34(18)19(10-35)12(2)36/h4-9,11-12,19,35-36H,3,10H2,1-2H3,(H,38,39)(H2,30,31,33,40). The van der Waals surface area contributed by atoms with Crippen molar-refractivity contribution in [3.05, 3.63) is 63.5 Å². The molecule has 0 bridgehead atoms. The van der Waals surface area contributed by atoms with Crippen LogP contribution < -0.4 is 16.1 Å². The number of amides is 2. The summed E-state index contributed by atoms with van der Waals surface area (Å²) < 4.78 is 41.3. The van der Waals surface area contributed by atoms with Gasteiger partial charge in [-0.15, -0.1) is 11.3 Å². The van der Waals surface area contributed by atoms with Crippen LogP contribution in [0.15, 0.2) is 46.8 Å². The second kappa shape index (κ2) is 11.6. The van der Waals surface area contributed by atoms with Gasteiger partial charge in [0.2, 0.25) is 5.43 Å². The lowest BCUT2D eigenvalue weighted by molar-refractivity contribution is -0.140. The molecule has 0 radical (unpaired) electrons. The zero-order chi connectivity index (χ0) is 30.1. The summed E-state index contributed by atoms with van der Waals surface area (Å²) in [5.41, 5.74) is -1.65. The van der Waals surface area contributed by atoms with E-state index in [0.717, 1.165) is 11.6 Å². The number of aromatic nitrogens is 3. The number of carboxylic acid groups (broad SMARTS) is 1. The monoisotopic (exact) mass is 591 g/mol. The number of nitrogens with one attached hydrogen (secondary N) is 2. The first-order valence-electron chi connectivity index (χ1n) is 12.1. The number of urea groups is 1. The molecule has 216 valence electrons. The molecule has 2 unspecified atom stereocenters. The molecule has 15 heteroatoms. The van der Waals surface area contributed by atoms with Gasteiger partial charge in [0.15, 0.2) is 5.69 Å². The predicted octanol–water partition coefficient (Wildman–Crippen LogP) is 3.96. The molecule has 1 aromatic carbocycles. The maximum absolute atomic E-state index is 13.3. The summed E-state index contributed by atoms with van der Waals surface area (Å²) in [6, 6.07) is 4.14. The van der Waals surface area contributed by atoms with E-state index in [1.807, 2.05) is 0 Å². The van der Waals surface area contributed by atoms with Gasteiger partial charge in [-0.3, -0.25) is 10.1 Å². The molecule has 3 heterocycles. The summed E-state index contributed by atoms with van der Waals surface area (Å²) in [7, 11) is 0. The van der Waals surface area contributed by atoms with Gasteiger partial charge in [-0.25, -0.2) is 19.6 Å². The van der Waals surface area contributed by atoms with Crippen molar-refractivity contribution < 1.29 is 38.1 Å². The van der Waals surface area contributed by atoms with Gasteiger partial charge in [0.05, 0.1) is 24.3 Å². The topological polar surface area (TPSA) is 167 Å². The van der Waals surface area contributed by atoms with E-state index in [1.165, 1.54) is 42.0 Å². The zero-order valence-corrected chi connectivity index (χ0v) is 22.4. The number of aromatic carboxylic acids is 1. The maximum Gasteiger partial charge on any atom is 0.434 e. The van der Waals surface area contributed by atoms with Crippen molar-refractivity contribution in [2.75, 3.05) is 18.5 Å². The van der Waals surface area contributed by atoms with Gasteiger partial charge in [0, 0.05) is 40.8 Å². The van der Waals surface area contributed by atoms with E-state index in [9.17, 15) is 42.9 Å². The van der Waals surface area contributed by atoms with Crippen LogP contribution in [0.2, 0.25) is 0 Å². The Bertz CT molecular complexity index is 1680. The first kappa shape index (κ1) is 29.6. The number of carbonyl (C=O) groups is 2. The molecular weight excluding hydrogens is 567 g/mol. The highest BCUT2D eigenvalue weighted by atomic mass is 32.1. The number of hydrogen-bond acceptors (Lipinski definition) is 8. The van der Waals surface area contributed by atoms with Crippen molar-refractivity contribution >= 4 is 40.1 Å². The molecule has 0 saturated heterocycles. The Labute approximate surface area is 233 Å². The van der Waals surface area contributed by atoms with Gasteiger partial charge < -0.3 is 25.2 Å². The molecule has 0 aliphatic carbocycles. The number of rotatable bonds is 8. The largest absolute Gasteiger partial charge is 0.477 e. The van der Waals surface area contributed by atoms with Crippen molar-refractivity contribution in [1.82, 2.24) is 19.9 Å². The fourth-order valence-corrected chi connectivity index (χ4v) is 5.06. The molecule has 0 aliphatic heterocycles. The number of anilines is 1. The zero-order valence-electron chi connectivity index (χ0n) is 21.6. The highest BCUT2D eigenvalue weighted by molar-refractivity contribution is 7.13. The van der Waals surface area contributed by atoms with Crippen molar-refractivity contribution in [3.8, 4) is 21.7 Å². The fraction of sp³-hybridized carbons (Fsp3) is 0.269. The summed E-state index contributed by atoms with van der Waals surface area (Å²) in [4.78, 5) is 45.0. The molecule has 0 fully saturated rings. The van der Waals surface area contributed by atoms with E-state index in [2.05, 4.69) is 20.6 Å². The van der Waals surface area contributed by atoms with Crippen molar-refractivity contribution in [2.45, 2.75) is 32.2 Å². The number of fused-ring (bicyclic) bond motifs is 1. The first-order chi connectivity index (χ1) is 19.3. The van der Waals surface area contributed by atoms with Gasteiger partial charge >= 0.3 is 18.2 Å². The molecule has 0 saturated carbocycles. The second-order valence-electron chi connectivity index (χ2n) is 8.94. The average Bonchev–Trinajstić information content (AvgIpc) is 3.41. The van der Waals surface area contributed by atoms with E-state index in [4.69, 9.17) is 0 Å². The normalized spacial score (nSPS) is 13.1. The molecule has 41 heavy (non-hydrogen) atoms. The minimum Gasteiger partial charge on any atom is -0.477 e. The number of benzene rings is 1. The lowest BCUT2D eigenvalue weighted by Gasteiger charge is -2.24. The third-order valence-electron chi connectivity index (χ3n) is 6.18. The Morgan fingerprint density at radius 3 is 2.51 bits per heavy atom. The molecule has 0 aliphatic rings. The smallest absolute Gasteiger partial charge is 0.434 e. The molecule has 4 aromatic rings. The van der Waals surface area contributed by atoms with Gasteiger partial charge in [0.25, 0.3) is 0 Å². The third-order valence-corrected chi connectivity index (χ3v) is 7.06. The second-order valence-corrected chi connectivity index (χ2v) is 9.80. The summed E-state index contributed by atoms with van der Waals surface area (Å²) in [6.07, 6.45) is -3.47. The number of carbonyl (C=O) groups excluding carboxylic acids is 1. The molecule has 5 N–H and O–H groups in total. The van der Waals surface area contributed by atoms with Gasteiger partial charge in [0.1, 0.15) is 16.4 Å². The Hall–Kier alpha value is -4.34. The van der Waals surface area contributed by atoms with Gasteiger partial charge in [-0.2, -0.15) is 13.2 Å². The van der Waals surface area contributed by atoms with Crippen LogP contribution in [0.1, 0.15) is 35.9 Å². The van der Waals surface area contributed by atoms with Crippen molar-refractivity contribution in [3.63, 3.8) is 0 Å². The quantitative estimate of drug-likeness (QED) is 0.205. The summed E-state index contributed by atoms with van der Waals surface area (Å²) in [5, 5.41) is 35.4. The first-order valence-corrected chi connectivity index (χ1v) is 13.0. The minimum atomic E-state index is -4.70. The Balaban J connectivity index is 1.96. The highest BCUT2D eigenvalue weighted by Crippen LogP contribution is 2.39. The lowest BCUT2D eigenvalue weighted by atomic mass is 9.98. The van der Waals surface area contributed by atoms with Crippen LogP contribution in [0.25, 0.3) is 32.6 Å². The van der Waals surface area contributed by atoms with E-state index in [-0.39, 0.29) is 38.4 Å². The minimum absolute atomic E-state index is 0.0255. The van der Waals surface area contributed by atoms with Crippen molar-refractivity contribution in [2.24, 2.45) is 0 Å². The van der Waals surface area contributed by atoms with E-state index < -0.39 is 53.6 Å². The maximum atomic E-state index is 13.3. The Kier molecular flexibility index (Phi) is 8.42. The van der Waals surface area contributed by atoms with Crippen LogP contribution >= 0.6 is 11.3 Å². The van der Waals surface area contributed by atoms with Crippen LogP contribution in [0.5, 0.6) is 0 Å². The van der Waals surface area contributed by atoms with Gasteiger partial charge in [-0.1, -0.05) is 6.07 Å². The Morgan fingerprint density at radius 1 is 1.20 bits per heavy atom. The molecule has 2 amide bonds. The molecule has 11 nitrogen and oxygen atoms in total. The van der Waals surface area contributed by atoms with E-state index in [1.54, 1.807) is 6.92 Å². The number of carboxylic acids is 1. The molecule has 4 rings (SSSR count).